The highest BCUT2D eigenvalue weighted by molar-refractivity contribution is 5.79. The van der Waals surface area contributed by atoms with Crippen molar-refractivity contribution < 1.29 is 17.9 Å². The Morgan fingerprint density at radius 3 is 2.61 bits per heavy atom. The predicted molar refractivity (Wildman–Crippen MR) is 107 cm³/mol. The smallest absolute Gasteiger partial charge is 0.350 e. The third-order valence-corrected chi connectivity index (χ3v) is 5.59. The van der Waals surface area contributed by atoms with Gasteiger partial charge in [-0.05, 0) is 38.7 Å². The lowest BCUT2D eigenvalue weighted by Crippen LogP contribution is -2.33. The molecule has 0 spiro atoms. The topological polar surface area (TPSA) is 81.6 Å². The minimum absolute atomic E-state index is 0.0105. The van der Waals surface area contributed by atoms with E-state index in [4.69, 9.17) is 0 Å². The first-order valence-corrected chi connectivity index (χ1v) is 10.0. The van der Waals surface area contributed by atoms with Gasteiger partial charge in [0.05, 0.1) is 24.0 Å². The lowest BCUT2D eigenvalue weighted by molar-refractivity contribution is -0.345. The molecule has 0 aliphatic heterocycles. The van der Waals surface area contributed by atoms with E-state index in [-0.39, 0.29) is 6.04 Å². The second-order valence-corrected chi connectivity index (χ2v) is 7.73. The molecule has 162 valence electrons. The molecule has 11 heteroatoms. The summed E-state index contributed by atoms with van der Waals surface area (Å²) >= 11 is 0. The number of ether oxygens (including phenoxy) is 1. The fourth-order valence-electron chi connectivity index (χ4n) is 4.03. The van der Waals surface area contributed by atoms with Gasteiger partial charge in [-0.25, -0.2) is 19.5 Å². The molecule has 0 aromatic carbocycles. The number of nitrogens with zero attached hydrogens (tertiary/aromatic N) is 6. The molecule has 5 rings (SSSR count). The molecule has 1 aliphatic carbocycles. The number of nitrogens with one attached hydrogen (secondary N) is 1. The summed E-state index contributed by atoms with van der Waals surface area (Å²) in [5, 5.41) is 7.74. The molecule has 31 heavy (non-hydrogen) atoms. The summed E-state index contributed by atoms with van der Waals surface area (Å²) in [6.07, 6.45) is 5.55. The van der Waals surface area contributed by atoms with Gasteiger partial charge in [0.25, 0.3) is 0 Å². The average molecular weight is 431 g/mol. The van der Waals surface area contributed by atoms with Gasteiger partial charge in [0.15, 0.2) is 0 Å². The maximum absolute atomic E-state index is 12.4. The summed E-state index contributed by atoms with van der Waals surface area (Å²) in [5.74, 6) is 1.08. The van der Waals surface area contributed by atoms with Gasteiger partial charge in [-0.2, -0.15) is 0 Å². The molecule has 0 unspecified atom stereocenters. The van der Waals surface area contributed by atoms with Crippen LogP contribution < -0.4 is 5.32 Å². The Morgan fingerprint density at radius 1 is 1.06 bits per heavy atom. The first kappa shape index (κ1) is 19.7. The molecule has 8 nitrogen and oxygen atoms in total. The Morgan fingerprint density at radius 2 is 1.84 bits per heavy atom. The minimum atomic E-state index is -4.58. The van der Waals surface area contributed by atoms with Gasteiger partial charge >= 0.3 is 6.36 Å². The van der Waals surface area contributed by atoms with E-state index >= 15 is 0 Å². The monoisotopic (exact) mass is 431 g/mol. The third-order valence-electron chi connectivity index (χ3n) is 5.59. The number of imidazole rings is 1. The summed E-state index contributed by atoms with van der Waals surface area (Å²) in [5.41, 5.74) is 3.68. The van der Waals surface area contributed by atoms with Crippen molar-refractivity contribution in [1.82, 2.24) is 29.0 Å². The van der Waals surface area contributed by atoms with E-state index in [1.165, 1.54) is 0 Å². The third kappa shape index (κ3) is 4.05. The zero-order valence-electron chi connectivity index (χ0n) is 16.7. The maximum Gasteiger partial charge on any atom is 0.522 e. The van der Waals surface area contributed by atoms with Crippen molar-refractivity contribution in [2.45, 2.75) is 51.1 Å². The Labute approximate surface area is 175 Å². The van der Waals surface area contributed by atoms with Gasteiger partial charge in [0.2, 0.25) is 11.7 Å². The molecule has 1 aliphatic rings. The van der Waals surface area contributed by atoms with E-state index in [1.807, 2.05) is 29.8 Å². The molecule has 0 amide bonds. The largest absolute Gasteiger partial charge is 0.522 e. The van der Waals surface area contributed by atoms with Crippen LogP contribution in [0.2, 0.25) is 0 Å². The Balaban J connectivity index is 1.31. The van der Waals surface area contributed by atoms with Crippen LogP contribution in [0.5, 0.6) is 0 Å². The minimum Gasteiger partial charge on any atom is -0.350 e. The zero-order valence-corrected chi connectivity index (χ0v) is 16.7. The van der Waals surface area contributed by atoms with Crippen molar-refractivity contribution in [2.75, 3.05) is 5.32 Å². The van der Waals surface area contributed by atoms with E-state index in [0.717, 1.165) is 22.3 Å². The van der Waals surface area contributed by atoms with Crippen LogP contribution >= 0.6 is 0 Å². The van der Waals surface area contributed by atoms with Crippen molar-refractivity contribution in [2.24, 2.45) is 0 Å². The van der Waals surface area contributed by atoms with Gasteiger partial charge in [0.1, 0.15) is 0 Å². The molecule has 1 fully saturated rings. The number of halogens is 3. The number of aromatic nitrogens is 6. The first-order valence-electron chi connectivity index (χ1n) is 10.0. The van der Waals surface area contributed by atoms with Gasteiger partial charge in [-0.15, -0.1) is 18.3 Å². The molecule has 1 saturated carbocycles. The normalized spacial score (nSPS) is 19.9. The van der Waals surface area contributed by atoms with E-state index in [2.05, 4.69) is 30.1 Å². The van der Waals surface area contributed by atoms with Gasteiger partial charge in [0, 0.05) is 41.5 Å². The summed E-state index contributed by atoms with van der Waals surface area (Å²) in [7, 11) is 0. The number of alkyl halides is 3. The fourth-order valence-corrected chi connectivity index (χ4v) is 4.03. The molecular weight excluding hydrogens is 411 g/mol. The second-order valence-electron chi connectivity index (χ2n) is 7.73. The Hall–Kier alpha value is -3.21. The maximum atomic E-state index is 12.4. The lowest BCUT2D eigenvalue weighted by atomic mass is 9.93. The average Bonchev–Trinajstić information content (AvgIpc) is 3.31. The fraction of sp³-hybridized carbons (Fsp3) is 0.400. The molecule has 1 N–H and O–H groups in total. The van der Waals surface area contributed by atoms with Crippen molar-refractivity contribution in [3.8, 4) is 11.1 Å². The van der Waals surface area contributed by atoms with Crippen molar-refractivity contribution in [1.29, 1.82) is 0 Å². The number of fused-ring (bicyclic) bond motifs is 2. The molecule has 0 saturated heterocycles. The Bertz CT molecular complexity index is 1220. The number of hydrogen-bond donors (Lipinski definition) is 1. The van der Waals surface area contributed by atoms with Crippen LogP contribution in [0.15, 0.2) is 37.1 Å². The molecule has 0 bridgehead atoms. The number of aryl methyl sites for hydroxylation is 1. The van der Waals surface area contributed by atoms with E-state index in [0.29, 0.717) is 37.4 Å². The molecule has 4 aromatic rings. The van der Waals surface area contributed by atoms with E-state index in [9.17, 15) is 13.2 Å². The van der Waals surface area contributed by atoms with Crippen molar-refractivity contribution in [3.63, 3.8) is 0 Å². The number of rotatable bonds is 4. The summed E-state index contributed by atoms with van der Waals surface area (Å²) in [6, 6.07) is 1.96. The lowest BCUT2D eigenvalue weighted by Gasteiger charge is -2.29. The highest BCUT2D eigenvalue weighted by atomic mass is 19.4. The summed E-state index contributed by atoms with van der Waals surface area (Å²) in [6.45, 7) is 1.97. The van der Waals surface area contributed by atoms with Crippen LogP contribution in [-0.2, 0) is 4.74 Å². The van der Waals surface area contributed by atoms with Gasteiger partial charge in [-0.3, -0.25) is 9.14 Å². The van der Waals surface area contributed by atoms with Gasteiger partial charge in [-0.1, -0.05) is 0 Å². The highest BCUT2D eigenvalue weighted by Gasteiger charge is 2.35. The molecule has 0 atom stereocenters. The highest BCUT2D eigenvalue weighted by Crippen LogP contribution is 2.29. The first-order chi connectivity index (χ1) is 14.9. The van der Waals surface area contributed by atoms with Crippen molar-refractivity contribution in [3.05, 3.63) is 42.7 Å². The molecule has 4 heterocycles. The quantitative estimate of drug-likeness (QED) is 0.526. The molecular formula is C20H20F3N7O. The van der Waals surface area contributed by atoms with E-state index in [1.54, 1.807) is 23.1 Å². The van der Waals surface area contributed by atoms with Crippen LogP contribution in [-0.4, -0.2) is 47.5 Å². The molecule has 4 aromatic heterocycles. The van der Waals surface area contributed by atoms with Gasteiger partial charge < -0.3 is 5.32 Å². The Kier molecular flexibility index (Phi) is 4.77. The molecule has 0 radical (unpaired) electrons. The van der Waals surface area contributed by atoms with Crippen LogP contribution in [0.4, 0.5) is 19.1 Å². The standard InChI is InChI=1S/C20H20F3N7O/c1-12-8-25-19-26-9-13(11-29(12)19)16-6-7-30-17(16)10-24-18(28-30)27-14-2-4-15(5-3-14)31-20(21,22)23/h6-11,14-15H,2-5H2,1H3,(H,27,28)/t14-,15+. The van der Waals surface area contributed by atoms with Crippen LogP contribution in [0.3, 0.4) is 0 Å². The van der Waals surface area contributed by atoms with Crippen LogP contribution in [0.25, 0.3) is 22.4 Å². The van der Waals surface area contributed by atoms with Crippen LogP contribution in [0, 0.1) is 6.92 Å². The van der Waals surface area contributed by atoms with Crippen LogP contribution in [0.1, 0.15) is 31.4 Å². The summed E-state index contributed by atoms with van der Waals surface area (Å²) < 4.78 is 44.9. The predicted octanol–water partition coefficient (Wildman–Crippen LogP) is 4.01. The SMILES string of the molecule is Cc1cnc2ncc(-c3ccn4nc(N[C@H]5CC[C@@H](OC(F)(F)F)CC5)ncc34)cn12. The number of hydrogen-bond acceptors (Lipinski definition) is 6. The number of anilines is 1. The second kappa shape index (κ2) is 7.49. The van der Waals surface area contributed by atoms with E-state index < -0.39 is 12.5 Å². The summed E-state index contributed by atoms with van der Waals surface area (Å²) in [4.78, 5) is 13.1. The van der Waals surface area contributed by atoms with Crippen molar-refractivity contribution >= 4 is 17.2 Å². The zero-order chi connectivity index (χ0) is 21.6.